The second kappa shape index (κ2) is 8.95. The normalized spacial score (nSPS) is 14.4. The summed E-state index contributed by atoms with van der Waals surface area (Å²) in [5.74, 6) is 0.450. The predicted octanol–water partition coefficient (Wildman–Crippen LogP) is 2.96. The highest BCUT2D eigenvalue weighted by molar-refractivity contribution is 7.92. The van der Waals surface area contributed by atoms with Gasteiger partial charge in [-0.05, 0) is 53.9 Å². The van der Waals surface area contributed by atoms with Crippen molar-refractivity contribution in [2.75, 3.05) is 35.2 Å². The summed E-state index contributed by atoms with van der Waals surface area (Å²) in [4.78, 5) is 26.4. The average molecular weight is 494 g/mol. The summed E-state index contributed by atoms with van der Waals surface area (Å²) < 4.78 is 39.5. The number of methoxy groups -OCH3 is 1. The van der Waals surface area contributed by atoms with Gasteiger partial charge in [0.25, 0.3) is 15.9 Å². The van der Waals surface area contributed by atoms with Crippen LogP contribution in [0.1, 0.15) is 11.1 Å². The molecule has 0 fully saturated rings. The summed E-state index contributed by atoms with van der Waals surface area (Å²) in [6.45, 7) is 0.346. The van der Waals surface area contributed by atoms with E-state index in [0.29, 0.717) is 30.1 Å². The number of anilines is 3. The van der Waals surface area contributed by atoms with Crippen LogP contribution in [0.15, 0.2) is 65.6 Å². The van der Waals surface area contributed by atoms with E-state index in [1.165, 1.54) is 6.07 Å². The van der Waals surface area contributed by atoms with Crippen LogP contribution in [-0.4, -0.2) is 40.5 Å². The third-order valence-corrected chi connectivity index (χ3v) is 7.35. The largest absolute Gasteiger partial charge is 0.497 e. The zero-order chi connectivity index (χ0) is 24.6. The number of carbonyl (C=O) groups excluding carboxylic acids is 2. The summed E-state index contributed by atoms with van der Waals surface area (Å²) in [6, 6.07) is 17.0. The maximum Gasteiger partial charge on any atom is 0.264 e. The molecule has 0 spiro atoms. The Morgan fingerprint density at radius 3 is 2.80 bits per heavy atom. The average Bonchev–Trinajstić information content (AvgIpc) is 3.27. The van der Waals surface area contributed by atoms with Gasteiger partial charge in [0.1, 0.15) is 22.1 Å². The van der Waals surface area contributed by atoms with E-state index in [-0.39, 0.29) is 35.3 Å². The van der Waals surface area contributed by atoms with Crippen LogP contribution in [0.2, 0.25) is 0 Å². The number of hydrogen-bond acceptors (Lipinski definition) is 6. The van der Waals surface area contributed by atoms with Crippen molar-refractivity contribution in [2.24, 2.45) is 0 Å². The Kier molecular flexibility index (Phi) is 5.81. The highest BCUT2D eigenvalue weighted by atomic mass is 32.2. The van der Waals surface area contributed by atoms with Gasteiger partial charge in [-0.1, -0.05) is 24.3 Å². The van der Waals surface area contributed by atoms with Crippen molar-refractivity contribution in [3.05, 3.63) is 71.8 Å². The third-order valence-electron chi connectivity index (χ3n) is 5.92. The molecule has 0 radical (unpaired) electrons. The molecule has 0 saturated heterocycles. The second-order valence-electron chi connectivity index (χ2n) is 8.24. The van der Waals surface area contributed by atoms with Crippen molar-refractivity contribution < 1.29 is 27.5 Å². The SMILES string of the molecule is COc1cccc(CC(=O)N2CCc3ccc(NS(=O)(=O)c4cccc5c4NC(=O)CO5)cc32)c1. The Morgan fingerprint density at radius 2 is 1.97 bits per heavy atom. The Bertz CT molecular complexity index is 1440. The maximum absolute atomic E-state index is 13.2. The van der Waals surface area contributed by atoms with Crippen LogP contribution in [0.4, 0.5) is 17.1 Å². The number of fused-ring (bicyclic) bond motifs is 2. The number of sulfonamides is 1. The van der Waals surface area contributed by atoms with Crippen LogP contribution in [0.3, 0.4) is 0 Å². The number of benzene rings is 3. The quantitative estimate of drug-likeness (QED) is 0.546. The van der Waals surface area contributed by atoms with E-state index < -0.39 is 15.9 Å². The first-order chi connectivity index (χ1) is 16.8. The molecule has 3 aromatic carbocycles. The number of ether oxygens (including phenoxy) is 2. The van der Waals surface area contributed by atoms with Crippen molar-refractivity contribution in [1.82, 2.24) is 0 Å². The molecule has 0 saturated carbocycles. The van der Waals surface area contributed by atoms with Crippen molar-refractivity contribution >= 4 is 38.9 Å². The zero-order valence-electron chi connectivity index (χ0n) is 18.9. The maximum atomic E-state index is 13.2. The monoisotopic (exact) mass is 493 g/mol. The van der Waals surface area contributed by atoms with Crippen molar-refractivity contribution in [3.8, 4) is 11.5 Å². The molecule has 3 aromatic rings. The summed E-state index contributed by atoms with van der Waals surface area (Å²) in [5.41, 5.74) is 2.88. The lowest BCUT2D eigenvalue weighted by atomic mass is 10.1. The Morgan fingerprint density at radius 1 is 1.14 bits per heavy atom. The molecular weight excluding hydrogens is 470 g/mol. The van der Waals surface area contributed by atoms with Crippen LogP contribution in [-0.2, 0) is 32.5 Å². The van der Waals surface area contributed by atoms with Gasteiger partial charge in [0.2, 0.25) is 5.91 Å². The molecule has 35 heavy (non-hydrogen) atoms. The highest BCUT2D eigenvalue weighted by Gasteiger charge is 2.28. The van der Waals surface area contributed by atoms with Crippen molar-refractivity contribution in [3.63, 3.8) is 0 Å². The summed E-state index contributed by atoms with van der Waals surface area (Å²) in [5, 5.41) is 2.57. The smallest absolute Gasteiger partial charge is 0.264 e. The number of amides is 2. The molecule has 2 heterocycles. The van der Waals surface area contributed by atoms with E-state index in [9.17, 15) is 18.0 Å². The lowest BCUT2D eigenvalue weighted by Crippen LogP contribution is -2.30. The van der Waals surface area contributed by atoms with Gasteiger partial charge in [0.15, 0.2) is 6.61 Å². The fraction of sp³-hybridized carbons (Fsp3) is 0.200. The first-order valence-corrected chi connectivity index (χ1v) is 12.5. The number of rotatable bonds is 6. The highest BCUT2D eigenvalue weighted by Crippen LogP contribution is 2.36. The van der Waals surface area contributed by atoms with E-state index in [0.717, 1.165) is 11.1 Å². The Hall–Kier alpha value is -4.05. The number of carbonyl (C=O) groups is 2. The second-order valence-corrected chi connectivity index (χ2v) is 9.89. The molecule has 9 nitrogen and oxygen atoms in total. The molecule has 0 bridgehead atoms. The van der Waals surface area contributed by atoms with Gasteiger partial charge in [0, 0.05) is 12.2 Å². The molecule has 0 unspecified atom stereocenters. The van der Waals surface area contributed by atoms with Crippen molar-refractivity contribution in [2.45, 2.75) is 17.7 Å². The summed E-state index contributed by atoms with van der Waals surface area (Å²) in [6.07, 6.45) is 0.879. The minimum Gasteiger partial charge on any atom is -0.497 e. The van der Waals surface area contributed by atoms with Gasteiger partial charge in [-0.2, -0.15) is 0 Å². The zero-order valence-corrected chi connectivity index (χ0v) is 19.7. The molecule has 5 rings (SSSR count). The molecule has 2 amide bonds. The van der Waals surface area contributed by atoms with Crippen LogP contribution < -0.4 is 24.4 Å². The van der Waals surface area contributed by atoms with Gasteiger partial charge >= 0.3 is 0 Å². The van der Waals surface area contributed by atoms with E-state index in [1.54, 1.807) is 36.3 Å². The number of hydrogen-bond donors (Lipinski definition) is 2. The first kappa shape index (κ1) is 22.7. The predicted molar refractivity (Wildman–Crippen MR) is 131 cm³/mol. The van der Waals surface area contributed by atoms with E-state index in [2.05, 4.69) is 10.0 Å². The minimum absolute atomic E-state index is 0.0889. The van der Waals surface area contributed by atoms with Crippen LogP contribution in [0.5, 0.6) is 11.5 Å². The molecule has 2 aliphatic heterocycles. The van der Waals surface area contributed by atoms with Gasteiger partial charge in [-0.15, -0.1) is 0 Å². The molecule has 2 aliphatic rings. The molecule has 180 valence electrons. The van der Waals surface area contributed by atoms with E-state index in [1.807, 2.05) is 30.3 Å². The summed E-state index contributed by atoms with van der Waals surface area (Å²) >= 11 is 0. The number of nitrogens with zero attached hydrogens (tertiary/aromatic N) is 1. The fourth-order valence-corrected chi connectivity index (χ4v) is 5.49. The van der Waals surface area contributed by atoms with Crippen LogP contribution >= 0.6 is 0 Å². The van der Waals surface area contributed by atoms with Gasteiger partial charge < -0.3 is 19.7 Å². The lowest BCUT2D eigenvalue weighted by Gasteiger charge is -2.21. The van der Waals surface area contributed by atoms with Crippen LogP contribution in [0, 0.1) is 0 Å². The van der Waals surface area contributed by atoms with Gasteiger partial charge in [-0.3, -0.25) is 14.3 Å². The van der Waals surface area contributed by atoms with Crippen LogP contribution in [0.25, 0.3) is 0 Å². The lowest BCUT2D eigenvalue weighted by molar-refractivity contribution is -0.119. The van der Waals surface area contributed by atoms with Crippen molar-refractivity contribution in [1.29, 1.82) is 0 Å². The standard InChI is InChI=1S/C25H23N3O6S/c1-33-19-5-2-4-16(12-19)13-24(30)28-11-10-17-8-9-18(14-20(17)28)27-35(31,32)22-7-3-6-21-25(22)26-23(29)15-34-21/h2-9,12,14,27H,10-11,13,15H2,1H3,(H,26,29). The Labute approximate surface area is 202 Å². The summed E-state index contributed by atoms with van der Waals surface area (Å²) in [7, 11) is -2.48. The molecular formula is C25H23N3O6S. The number of nitrogens with one attached hydrogen (secondary N) is 2. The fourth-order valence-electron chi connectivity index (χ4n) is 4.26. The van der Waals surface area contributed by atoms with E-state index >= 15 is 0 Å². The van der Waals surface area contributed by atoms with Gasteiger partial charge in [0.05, 0.1) is 19.2 Å². The Balaban J connectivity index is 1.39. The molecule has 2 N–H and O–H groups in total. The third kappa shape index (κ3) is 4.52. The molecule has 0 atom stereocenters. The number of para-hydroxylation sites is 1. The topological polar surface area (TPSA) is 114 Å². The van der Waals surface area contributed by atoms with Gasteiger partial charge in [-0.25, -0.2) is 8.42 Å². The first-order valence-electron chi connectivity index (χ1n) is 11.0. The molecule has 10 heteroatoms. The molecule has 0 aliphatic carbocycles. The molecule has 0 aromatic heterocycles. The van der Waals surface area contributed by atoms with E-state index in [4.69, 9.17) is 9.47 Å². The minimum atomic E-state index is -4.05.